The molecule has 21 heavy (non-hydrogen) atoms. The van der Waals surface area contributed by atoms with E-state index in [1.165, 1.54) is 18.2 Å². The number of nitrogens with one attached hydrogen (secondary N) is 1. The standard InChI is InChI=1S/C14H18N2O5/c17-9-14(6-1-2-7-14)8-15-12-10(13(18)19)4-3-5-11(12)16(20)21/h3-5,15,17H,1-2,6-9H2,(H,18,19). The highest BCUT2D eigenvalue weighted by molar-refractivity contribution is 5.96. The number of carbonyl (C=O) groups is 1. The fraction of sp³-hybridized carbons (Fsp3) is 0.500. The van der Waals surface area contributed by atoms with Gasteiger partial charge >= 0.3 is 5.97 Å². The summed E-state index contributed by atoms with van der Waals surface area (Å²) in [6, 6.07) is 3.96. The maximum Gasteiger partial charge on any atom is 0.338 e. The first-order chi connectivity index (χ1) is 9.99. The average molecular weight is 294 g/mol. The molecule has 1 aromatic rings. The van der Waals surface area contributed by atoms with Gasteiger partial charge in [0.1, 0.15) is 5.69 Å². The van der Waals surface area contributed by atoms with Crippen molar-refractivity contribution < 1.29 is 19.9 Å². The highest BCUT2D eigenvalue weighted by atomic mass is 16.6. The lowest BCUT2D eigenvalue weighted by Gasteiger charge is -2.27. The number of nitro groups is 1. The second-order valence-corrected chi connectivity index (χ2v) is 5.48. The molecule has 0 amide bonds. The maximum atomic E-state index is 11.2. The van der Waals surface area contributed by atoms with Gasteiger partial charge < -0.3 is 15.5 Å². The van der Waals surface area contributed by atoms with Crippen molar-refractivity contribution >= 4 is 17.3 Å². The van der Waals surface area contributed by atoms with Crippen LogP contribution >= 0.6 is 0 Å². The number of hydrogen-bond acceptors (Lipinski definition) is 5. The number of carboxylic acids is 1. The molecule has 0 unspecified atom stereocenters. The highest BCUT2D eigenvalue weighted by Gasteiger charge is 2.34. The van der Waals surface area contributed by atoms with Crippen LogP contribution in [-0.4, -0.2) is 34.3 Å². The van der Waals surface area contributed by atoms with Gasteiger partial charge in [0.05, 0.1) is 17.1 Å². The van der Waals surface area contributed by atoms with Crippen LogP contribution in [0.4, 0.5) is 11.4 Å². The fourth-order valence-electron chi connectivity index (χ4n) is 2.85. The molecule has 2 rings (SSSR count). The van der Waals surface area contributed by atoms with Crippen molar-refractivity contribution in [2.24, 2.45) is 5.41 Å². The summed E-state index contributed by atoms with van der Waals surface area (Å²) < 4.78 is 0. The van der Waals surface area contributed by atoms with Crippen molar-refractivity contribution in [3.05, 3.63) is 33.9 Å². The largest absolute Gasteiger partial charge is 0.478 e. The van der Waals surface area contributed by atoms with Gasteiger partial charge in [-0.3, -0.25) is 10.1 Å². The summed E-state index contributed by atoms with van der Waals surface area (Å²) in [4.78, 5) is 21.7. The summed E-state index contributed by atoms with van der Waals surface area (Å²) in [5.74, 6) is -1.22. The number of benzene rings is 1. The lowest BCUT2D eigenvalue weighted by atomic mass is 9.87. The molecule has 3 N–H and O–H groups in total. The zero-order chi connectivity index (χ0) is 15.5. The van der Waals surface area contributed by atoms with Gasteiger partial charge in [-0.05, 0) is 18.9 Å². The average Bonchev–Trinajstić information content (AvgIpc) is 2.94. The van der Waals surface area contributed by atoms with E-state index in [0.717, 1.165) is 25.7 Å². The lowest BCUT2D eigenvalue weighted by Crippen LogP contribution is -2.31. The normalized spacial score (nSPS) is 16.6. The Labute approximate surface area is 121 Å². The number of rotatable bonds is 6. The van der Waals surface area contributed by atoms with E-state index in [2.05, 4.69) is 5.32 Å². The van der Waals surface area contributed by atoms with E-state index in [9.17, 15) is 25.1 Å². The smallest absolute Gasteiger partial charge is 0.338 e. The first kappa shape index (κ1) is 15.2. The maximum absolute atomic E-state index is 11.2. The molecule has 0 bridgehead atoms. The molecule has 1 aliphatic carbocycles. The highest BCUT2D eigenvalue weighted by Crippen LogP contribution is 2.39. The molecule has 0 radical (unpaired) electrons. The van der Waals surface area contributed by atoms with E-state index in [4.69, 9.17) is 0 Å². The van der Waals surface area contributed by atoms with Crippen molar-refractivity contribution in [3.63, 3.8) is 0 Å². The molecule has 0 atom stereocenters. The van der Waals surface area contributed by atoms with E-state index < -0.39 is 10.9 Å². The number of aromatic carboxylic acids is 1. The number of para-hydroxylation sites is 1. The van der Waals surface area contributed by atoms with Crippen LogP contribution in [0, 0.1) is 15.5 Å². The van der Waals surface area contributed by atoms with Gasteiger partial charge in [-0.25, -0.2) is 4.79 Å². The first-order valence-electron chi connectivity index (χ1n) is 6.84. The molecular weight excluding hydrogens is 276 g/mol. The van der Waals surface area contributed by atoms with E-state index in [1.807, 2.05) is 0 Å². The second-order valence-electron chi connectivity index (χ2n) is 5.48. The van der Waals surface area contributed by atoms with Crippen LogP contribution in [0.1, 0.15) is 36.0 Å². The van der Waals surface area contributed by atoms with Crippen molar-refractivity contribution in [1.29, 1.82) is 0 Å². The molecule has 1 aliphatic rings. The van der Waals surface area contributed by atoms with Crippen LogP contribution < -0.4 is 5.32 Å². The summed E-state index contributed by atoms with van der Waals surface area (Å²) >= 11 is 0. The number of anilines is 1. The van der Waals surface area contributed by atoms with E-state index in [0.29, 0.717) is 6.54 Å². The van der Waals surface area contributed by atoms with Crippen LogP contribution in [0.25, 0.3) is 0 Å². The van der Waals surface area contributed by atoms with Crippen LogP contribution in [0.15, 0.2) is 18.2 Å². The molecular formula is C14H18N2O5. The Bertz CT molecular complexity index is 520. The minimum absolute atomic E-state index is 0.00900. The van der Waals surface area contributed by atoms with Gasteiger partial charge in [-0.2, -0.15) is 0 Å². The van der Waals surface area contributed by atoms with Gasteiger partial charge in [0.15, 0.2) is 0 Å². The molecule has 7 heteroatoms. The number of aliphatic hydroxyl groups is 1. The van der Waals surface area contributed by atoms with Gasteiger partial charge in [0.2, 0.25) is 0 Å². The Hall–Kier alpha value is -2.15. The van der Waals surface area contributed by atoms with Crippen LogP contribution in [0.2, 0.25) is 0 Å². The van der Waals surface area contributed by atoms with Crippen LogP contribution in [0.5, 0.6) is 0 Å². The third kappa shape index (κ3) is 3.13. The summed E-state index contributed by atoms with van der Waals surface area (Å²) in [5.41, 5.74) is -0.703. The van der Waals surface area contributed by atoms with Crippen LogP contribution in [-0.2, 0) is 0 Å². The fourth-order valence-corrected chi connectivity index (χ4v) is 2.85. The molecule has 0 saturated heterocycles. The SMILES string of the molecule is O=C(O)c1cccc([N+](=O)[O-])c1NCC1(CO)CCCC1. The third-order valence-corrected chi connectivity index (χ3v) is 4.11. The zero-order valence-corrected chi connectivity index (χ0v) is 11.5. The Morgan fingerprint density at radius 2 is 2.05 bits per heavy atom. The number of nitrogens with zero attached hydrogens (tertiary/aromatic N) is 1. The minimum atomic E-state index is -1.22. The second kappa shape index (κ2) is 6.09. The molecule has 7 nitrogen and oxygen atoms in total. The van der Waals surface area contributed by atoms with E-state index >= 15 is 0 Å². The molecule has 0 heterocycles. The van der Waals surface area contributed by atoms with Gasteiger partial charge in [-0.15, -0.1) is 0 Å². The number of aliphatic hydroxyl groups excluding tert-OH is 1. The number of hydrogen-bond donors (Lipinski definition) is 3. The Balaban J connectivity index is 2.29. The monoisotopic (exact) mass is 294 g/mol. The first-order valence-corrected chi connectivity index (χ1v) is 6.84. The topological polar surface area (TPSA) is 113 Å². The van der Waals surface area contributed by atoms with Gasteiger partial charge in [0, 0.05) is 18.0 Å². The molecule has 0 spiro atoms. The molecule has 1 saturated carbocycles. The summed E-state index contributed by atoms with van der Waals surface area (Å²) in [6.45, 7) is 0.317. The third-order valence-electron chi connectivity index (χ3n) is 4.11. The molecule has 0 aliphatic heterocycles. The number of nitro benzene ring substituents is 1. The van der Waals surface area contributed by atoms with Gasteiger partial charge in [0.25, 0.3) is 5.69 Å². The zero-order valence-electron chi connectivity index (χ0n) is 11.5. The Morgan fingerprint density at radius 1 is 1.38 bits per heavy atom. The minimum Gasteiger partial charge on any atom is -0.478 e. The Morgan fingerprint density at radius 3 is 2.57 bits per heavy atom. The van der Waals surface area contributed by atoms with Crippen LogP contribution in [0.3, 0.4) is 0 Å². The van der Waals surface area contributed by atoms with Crippen molar-refractivity contribution in [1.82, 2.24) is 0 Å². The van der Waals surface area contributed by atoms with Crippen molar-refractivity contribution in [3.8, 4) is 0 Å². The Kier molecular flexibility index (Phi) is 4.42. The molecule has 1 aromatic carbocycles. The molecule has 0 aromatic heterocycles. The van der Waals surface area contributed by atoms with E-state index in [1.54, 1.807) is 0 Å². The van der Waals surface area contributed by atoms with E-state index in [-0.39, 0.29) is 29.0 Å². The predicted octanol–water partition coefficient (Wildman–Crippen LogP) is 2.26. The summed E-state index contributed by atoms with van der Waals surface area (Å²) in [5, 5.41) is 32.7. The van der Waals surface area contributed by atoms with Crippen molar-refractivity contribution in [2.75, 3.05) is 18.5 Å². The summed E-state index contributed by atoms with van der Waals surface area (Å²) in [6.07, 6.45) is 3.68. The lowest BCUT2D eigenvalue weighted by molar-refractivity contribution is -0.384. The predicted molar refractivity (Wildman–Crippen MR) is 76.5 cm³/mol. The quantitative estimate of drug-likeness (QED) is 0.548. The van der Waals surface area contributed by atoms with Gasteiger partial charge in [-0.1, -0.05) is 18.9 Å². The van der Waals surface area contributed by atoms with Crippen molar-refractivity contribution in [2.45, 2.75) is 25.7 Å². The molecule has 1 fully saturated rings. The number of carboxylic acid groups (broad SMARTS) is 1. The molecule has 114 valence electrons. The summed E-state index contributed by atoms with van der Waals surface area (Å²) in [7, 11) is 0.